The molecule has 0 heterocycles. The van der Waals surface area contributed by atoms with E-state index < -0.39 is 0 Å². The molecule has 0 unspecified atom stereocenters. The molecule has 6 heteroatoms. The molecule has 0 saturated carbocycles. The van der Waals surface area contributed by atoms with Crippen LogP contribution in [0.3, 0.4) is 0 Å². The van der Waals surface area contributed by atoms with Crippen molar-refractivity contribution in [1.29, 1.82) is 0 Å². The highest BCUT2D eigenvalue weighted by Gasteiger charge is 2.15. The number of amides is 2. The van der Waals surface area contributed by atoms with Crippen molar-refractivity contribution in [2.45, 2.75) is 6.92 Å². The van der Waals surface area contributed by atoms with Crippen LogP contribution in [-0.2, 0) is 4.79 Å². The SMILES string of the molecule is CCNC(=O)C(=Cc1ccc(Cl)cc1)NC(=O)c1ccccc1Br. The van der Waals surface area contributed by atoms with Crippen LogP contribution in [0.1, 0.15) is 22.8 Å². The summed E-state index contributed by atoms with van der Waals surface area (Å²) in [5.74, 6) is -0.721. The van der Waals surface area contributed by atoms with Crippen molar-refractivity contribution in [1.82, 2.24) is 10.6 Å². The minimum absolute atomic E-state index is 0.167. The van der Waals surface area contributed by atoms with E-state index in [0.29, 0.717) is 21.6 Å². The zero-order valence-corrected chi connectivity index (χ0v) is 15.3. The number of hydrogen-bond donors (Lipinski definition) is 2. The molecule has 0 aliphatic rings. The molecule has 2 N–H and O–H groups in total. The van der Waals surface area contributed by atoms with Crippen molar-refractivity contribution in [2.24, 2.45) is 0 Å². The summed E-state index contributed by atoms with van der Waals surface area (Å²) < 4.78 is 0.657. The topological polar surface area (TPSA) is 58.2 Å². The van der Waals surface area contributed by atoms with Gasteiger partial charge in [0.1, 0.15) is 5.70 Å². The Bertz CT molecular complexity index is 773. The summed E-state index contributed by atoms with van der Waals surface area (Å²) >= 11 is 9.20. The lowest BCUT2D eigenvalue weighted by Gasteiger charge is -2.11. The van der Waals surface area contributed by atoms with E-state index in [2.05, 4.69) is 26.6 Å². The zero-order valence-electron chi connectivity index (χ0n) is 13.0. The average Bonchev–Trinajstić information content (AvgIpc) is 2.56. The summed E-state index contributed by atoms with van der Waals surface area (Å²) in [6.45, 7) is 2.27. The van der Waals surface area contributed by atoms with Crippen LogP contribution in [0.25, 0.3) is 6.08 Å². The van der Waals surface area contributed by atoms with Crippen molar-refractivity contribution >= 4 is 45.4 Å². The maximum Gasteiger partial charge on any atom is 0.267 e. The second-order valence-corrected chi connectivity index (χ2v) is 6.19. The number of rotatable bonds is 5. The highest BCUT2D eigenvalue weighted by Crippen LogP contribution is 2.17. The second kappa shape index (κ2) is 8.66. The van der Waals surface area contributed by atoms with Gasteiger partial charge in [0.2, 0.25) is 0 Å². The lowest BCUT2D eigenvalue weighted by Crippen LogP contribution is -2.34. The predicted molar refractivity (Wildman–Crippen MR) is 99.7 cm³/mol. The molecule has 2 rings (SSSR count). The quantitative estimate of drug-likeness (QED) is 0.736. The van der Waals surface area contributed by atoms with Crippen LogP contribution in [0.4, 0.5) is 0 Å². The molecule has 0 saturated heterocycles. The summed E-state index contributed by atoms with van der Waals surface area (Å²) in [5, 5.41) is 5.96. The van der Waals surface area contributed by atoms with Crippen LogP contribution in [0.15, 0.2) is 58.7 Å². The first-order valence-corrected chi connectivity index (χ1v) is 8.49. The van der Waals surface area contributed by atoms with Gasteiger partial charge in [-0.2, -0.15) is 0 Å². The molecule has 0 radical (unpaired) electrons. The molecule has 0 aliphatic carbocycles. The van der Waals surface area contributed by atoms with Gasteiger partial charge in [-0.15, -0.1) is 0 Å². The number of halogens is 2. The molecule has 0 atom stereocenters. The number of likely N-dealkylation sites (N-methyl/N-ethyl adjacent to an activating group) is 1. The van der Waals surface area contributed by atoms with Gasteiger partial charge in [0.25, 0.3) is 11.8 Å². The van der Waals surface area contributed by atoms with Gasteiger partial charge in [0.15, 0.2) is 0 Å². The zero-order chi connectivity index (χ0) is 17.5. The third-order valence-corrected chi connectivity index (χ3v) is 4.07. The summed E-state index contributed by atoms with van der Waals surface area (Å²) in [5.41, 5.74) is 1.37. The first-order chi connectivity index (χ1) is 11.5. The number of benzene rings is 2. The molecular weight excluding hydrogens is 392 g/mol. The van der Waals surface area contributed by atoms with Gasteiger partial charge in [0.05, 0.1) is 5.56 Å². The fraction of sp³-hybridized carbons (Fsp3) is 0.111. The largest absolute Gasteiger partial charge is 0.351 e. The Hall–Kier alpha value is -2.11. The summed E-state index contributed by atoms with van der Waals surface area (Å²) in [6.07, 6.45) is 1.61. The van der Waals surface area contributed by atoms with Crippen molar-refractivity contribution in [2.75, 3.05) is 6.54 Å². The van der Waals surface area contributed by atoms with Crippen LogP contribution in [0.5, 0.6) is 0 Å². The van der Waals surface area contributed by atoms with E-state index in [9.17, 15) is 9.59 Å². The van der Waals surface area contributed by atoms with E-state index in [1.807, 2.05) is 13.0 Å². The van der Waals surface area contributed by atoms with Gasteiger partial charge in [-0.3, -0.25) is 9.59 Å². The summed E-state index contributed by atoms with van der Waals surface area (Å²) in [7, 11) is 0. The van der Waals surface area contributed by atoms with Gasteiger partial charge in [-0.25, -0.2) is 0 Å². The minimum atomic E-state index is -0.367. The summed E-state index contributed by atoms with van der Waals surface area (Å²) in [4.78, 5) is 24.7. The maximum absolute atomic E-state index is 12.4. The first-order valence-electron chi connectivity index (χ1n) is 7.32. The third-order valence-electron chi connectivity index (χ3n) is 3.13. The Balaban J connectivity index is 2.29. The maximum atomic E-state index is 12.4. The average molecular weight is 408 g/mol. The Kier molecular flexibility index (Phi) is 6.58. The molecule has 4 nitrogen and oxygen atoms in total. The van der Waals surface area contributed by atoms with Gasteiger partial charge in [-0.1, -0.05) is 35.9 Å². The Morgan fingerprint density at radius 2 is 1.79 bits per heavy atom. The molecule has 2 amide bonds. The van der Waals surface area contributed by atoms with Crippen LogP contribution in [0, 0.1) is 0 Å². The molecule has 0 spiro atoms. The van der Waals surface area contributed by atoms with Gasteiger partial charge < -0.3 is 10.6 Å². The minimum Gasteiger partial charge on any atom is -0.351 e. The molecule has 124 valence electrons. The Labute approximate surface area is 154 Å². The van der Waals surface area contributed by atoms with Crippen LogP contribution >= 0.6 is 27.5 Å². The van der Waals surface area contributed by atoms with E-state index in [-0.39, 0.29) is 17.5 Å². The summed E-state index contributed by atoms with van der Waals surface area (Å²) in [6, 6.07) is 14.0. The van der Waals surface area contributed by atoms with E-state index in [0.717, 1.165) is 5.56 Å². The van der Waals surface area contributed by atoms with E-state index in [1.165, 1.54) is 0 Å². The van der Waals surface area contributed by atoms with Gasteiger partial charge in [0, 0.05) is 16.0 Å². The monoisotopic (exact) mass is 406 g/mol. The Morgan fingerprint density at radius 1 is 1.12 bits per heavy atom. The van der Waals surface area contributed by atoms with Crippen LogP contribution in [0.2, 0.25) is 5.02 Å². The smallest absolute Gasteiger partial charge is 0.267 e. The van der Waals surface area contributed by atoms with E-state index >= 15 is 0 Å². The van der Waals surface area contributed by atoms with Crippen LogP contribution < -0.4 is 10.6 Å². The standard InChI is InChI=1S/C18H16BrClN2O2/c1-2-21-18(24)16(11-12-7-9-13(20)10-8-12)22-17(23)14-5-3-4-6-15(14)19/h3-11H,2H2,1H3,(H,21,24)(H,22,23). The molecule has 0 aromatic heterocycles. The van der Waals surface area contributed by atoms with E-state index in [1.54, 1.807) is 48.5 Å². The number of nitrogens with one attached hydrogen (secondary N) is 2. The van der Waals surface area contributed by atoms with Gasteiger partial charge >= 0.3 is 0 Å². The molecule has 2 aromatic carbocycles. The molecule has 0 aliphatic heterocycles. The van der Waals surface area contributed by atoms with Crippen molar-refractivity contribution < 1.29 is 9.59 Å². The first kappa shape index (κ1) is 18.2. The van der Waals surface area contributed by atoms with Gasteiger partial charge in [-0.05, 0) is 58.8 Å². The molecule has 0 fully saturated rings. The molecular formula is C18H16BrClN2O2. The lowest BCUT2D eigenvalue weighted by atomic mass is 10.1. The van der Waals surface area contributed by atoms with Crippen molar-refractivity contribution in [3.05, 3.63) is 74.9 Å². The Morgan fingerprint density at radius 3 is 2.42 bits per heavy atom. The number of hydrogen-bond acceptors (Lipinski definition) is 2. The normalized spacial score (nSPS) is 11.0. The highest BCUT2D eigenvalue weighted by molar-refractivity contribution is 9.10. The van der Waals surface area contributed by atoms with Crippen molar-refractivity contribution in [3.63, 3.8) is 0 Å². The molecule has 24 heavy (non-hydrogen) atoms. The highest BCUT2D eigenvalue weighted by atomic mass is 79.9. The molecule has 0 bridgehead atoms. The number of carbonyl (C=O) groups is 2. The third kappa shape index (κ3) is 4.94. The fourth-order valence-electron chi connectivity index (χ4n) is 1.97. The van der Waals surface area contributed by atoms with Crippen molar-refractivity contribution in [3.8, 4) is 0 Å². The van der Waals surface area contributed by atoms with E-state index in [4.69, 9.17) is 11.6 Å². The second-order valence-electron chi connectivity index (χ2n) is 4.90. The van der Waals surface area contributed by atoms with Crippen LogP contribution in [-0.4, -0.2) is 18.4 Å². The fourth-order valence-corrected chi connectivity index (χ4v) is 2.57. The lowest BCUT2D eigenvalue weighted by molar-refractivity contribution is -0.117. The number of carbonyl (C=O) groups excluding carboxylic acids is 2. The predicted octanol–water partition coefficient (Wildman–Crippen LogP) is 4.01. The molecule has 2 aromatic rings.